The van der Waals surface area contributed by atoms with Crippen LogP contribution in [0.15, 0.2) is 12.7 Å². The number of carbonyl (C=O) groups excluding carboxylic acids is 1. The summed E-state index contributed by atoms with van der Waals surface area (Å²) in [6, 6.07) is 0. The van der Waals surface area contributed by atoms with Crippen LogP contribution in [-0.2, 0) is 4.79 Å². The molecular weight excluding hydrogens is 154 g/mol. The number of hydrogen-bond acceptors (Lipinski definition) is 2. The van der Waals surface area contributed by atoms with Gasteiger partial charge in [0.1, 0.15) is 5.60 Å². The van der Waals surface area contributed by atoms with Crippen molar-refractivity contribution in [3.8, 4) is 0 Å². The Labute approximate surface area is 73.5 Å². The summed E-state index contributed by atoms with van der Waals surface area (Å²) in [6.45, 7) is 5.43. The van der Waals surface area contributed by atoms with Crippen molar-refractivity contribution >= 4 is 5.91 Å². The van der Waals surface area contributed by atoms with Crippen molar-refractivity contribution < 1.29 is 9.90 Å². The van der Waals surface area contributed by atoms with E-state index in [0.717, 1.165) is 6.42 Å². The summed E-state index contributed by atoms with van der Waals surface area (Å²) in [7, 11) is 1.52. The maximum Gasteiger partial charge on any atom is 0.252 e. The van der Waals surface area contributed by atoms with Crippen molar-refractivity contribution in [3.05, 3.63) is 12.7 Å². The highest BCUT2D eigenvalue weighted by Gasteiger charge is 2.32. The quantitative estimate of drug-likeness (QED) is 0.602. The highest BCUT2D eigenvalue weighted by atomic mass is 16.3. The fraction of sp³-hybridized carbons (Fsp3) is 0.667. The van der Waals surface area contributed by atoms with Gasteiger partial charge in [-0.15, -0.1) is 6.58 Å². The van der Waals surface area contributed by atoms with Crippen molar-refractivity contribution in [2.24, 2.45) is 0 Å². The van der Waals surface area contributed by atoms with E-state index in [9.17, 15) is 9.90 Å². The zero-order valence-electron chi connectivity index (χ0n) is 7.76. The topological polar surface area (TPSA) is 49.3 Å². The minimum Gasteiger partial charge on any atom is -0.380 e. The van der Waals surface area contributed by atoms with Crippen molar-refractivity contribution in [1.29, 1.82) is 0 Å². The first-order chi connectivity index (χ1) is 5.60. The van der Waals surface area contributed by atoms with E-state index in [0.29, 0.717) is 12.8 Å². The Bertz CT molecular complexity index is 168. The van der Waals surface area contributed by atoms with Crippen LogP contribution in [0.3, 0.4) is 0 Å². The maximum atomic E-state index is 11.2. The molecule has 1 atom stereocenters. The standard InChI is InChI=1S/C9H17NO2/c1-4-6-9(12,7-5-2)8(11)10-3/h4,12H,1,5-7H2,2-3H3,(H,10,11)/t9-/m0/s1. The molecule has 0 aromatic carbocycles. The van der Waals surface area contributed by atoms with E-state index in [2.05, 4.69) is 11.9 Å². The van der Waals surface area contributed by atoms with Gasteiger partial charge in [0.15, 0.2) is 0 Å². The average Bonchev–Trinajstić information content (AvgIpc) is 2.04. The van der Waals surface area contributed by atoms with Gasteiger partial charge < -0.3 is 10.4 Å². The van der Waals surface area contributed by atoms with Gasteiger partial charge in [0.05, 0.1) is 0 Å². The summed E-state index contributed by atoms with van der Waals surface area (Å²) in [5.74, 6) is -0.329. The first-order valence-corrected chi connectivity index (χ1v) is 4.16. The summed E-state index contributed by atoms with van der Waals surface area (Å²) >= 11 is 0. The Morgan fingerprint density at radius 1 is 1.75 bits per heavy atom. The summed E-state index contributed by atoms with van der Waals surface area (Å²) in [6.07, 6.45) is 3.11. The van der Waals surface area contributed by atoms with Crippen LogP contribution in [0.5, 0.6) is 0 Å². The van der Waals surface area contributed by atoms with Gasteiger partial charge in [0.25, 0.3) is 5.91 Å². The average molecular weight is 171 g/mol. The van der Waals surface area contributed by atoms with Crippen molar-refractivity contribution in [2.75, 3.05) is 7.05 Å². The van der Waals surface area contributed by atoms with E-state index in [4.69, 9.17) is 0 Å². The Morgan fingerprint density at radius 2 is 2.33 bits per heavy atom. The van der Waals surface area contributed by atoms with Crippen LogP contribution in [0, 0.1) is 0 Å². The third kappa shape index (κ3) is 2.66. The largest absolute Gasteiger partial charge is 0.380 e. The van der Waals surface area contributed by atoms with Gasteiger partial charge in [-0.25, -0.2) is 0 Å². The van der Waals surface area contributed by atoms with Gasteiger partial charge in [0, 0.05) is 13.5 Å². The third-order valence-electron chi connectivity index (χ3n) is 1.80. The van der Waals surface area contributed by atoms with Crippen LogP contribution < -0.4 is 5.32 Å². The van der Waals surface area contributed by atoms with Crippen molar-refractivity contribution in [1.82, 2.24) is 5.32 Å². The molecular formula is C9H17NO2. The monoisotopic (exact) mass is 171 g/mol. The zero-order chi connectivity index (χ0) is 9.61. The normalized spacial score (nSPS) is 14.9. The molecule has 0 bridgehead atoms. The molecule has 0 rings (SSSR count). The summed E-state index contributed by atoms with van der Waals surface area (Å²) < 4.78 is 0. The highest BCUT2D eigenvalue weighted by molar-refractivity contribution is 5.84. The number of likely N-dealkylation sites (N-methyl/N-ethyl adjacent to an activating group) is 1. The molecule has 70 valence electrons. The summed E-state index contributed by atoms with van der Waals surface area (Å²) in [4.78, 5) is 11.2. The second-order valence-corrected chi connectivity index (χ2v) is 2.85. The zero-order valence-corrected chi connectivity index (χ0v) is 7.76. The predicted molar refractivity (Wildman–Crippen MR) is 48.7 cm³/mol. The van der Waals surface area contributed by atoms with Crippen LogP contribution in [0.4, 0.5) is 0 Å². The van der Waals surface area contributed by atoms with E-state index < -0.39 is 5.60 Å². The minimum atomic E-state index is -1.26. The molecule has 0 unspecified atom stereocenters. The van der Waals surface area contributed by atoms with E-state index in [1.807, 2.05) is 6.92 Å². The van der Waals surface area contributed by atoms with E-state index in [1.165, 1.54) is 7.05 Å². The van der Waals surface area contributed by atoms with Gasteiger partial charge in [-0.1, -0.05) is 19.4 Å². The first-order valence-electron chi connectivity index (χ1n) is 4.16. The van der Waals surface area contributed by atoms with Gasteiger partial charge in [-0.05, 0) is 6.42 Å². The van der Waals surface area contributed by atoms with Crippen molar-refractivity contribution in [2.45, 2.75) is 31.8 Å². The summed E-state index contributed by atoms with van der Waals surface area (Å²) in [5, 5.41) is 12.2. The maximum absolute atomic E-state index is 11.2. The molecule has 0 saturated carbocycles. The number of carbonyl (C=O) groups is 1. The lowest BCUT2D eigenvalue weighted by Crippen LogP contribution is -2.45. The molecule has 0 saturated heterocycles. The van der Waals surface area contributed by atoms with Gasteiger partial charge >= 0.3 is 0 Å². The van der Waals surface area contributed by atoms with Crippen LogP contribution in [-0.4, -0.2) is 23.7 Å². The Hall–Kier alpha value is -0.830. The number of rotatable bonds is 5. The molecule has 3 nitrogen and oxygen atoms in total. The Balaban J connectivity index is 4.36. The predicted octanol–water partition coefficient (Wildman–Crippen LogP) is 0.840. The second kappa shape index (κ2) is 4.93. The van der Waals surface area contributed by atoms with E-state index in [-0.39, 0.29) is 5.91 Å². The van der Waals surface area contributed by atoms with E-state index >= 15 is 0 Å². The van der Waals surface area contributed by atoms with Gasteiger partial charge in [-0.2, -0.15) is 0 Å². The fourth-order valence-electron chi connectivity index (χ4n) is 1.19. The first kappa shape index (κ1) is 11.2. The lowest BCUT2D eigenvalue weighted by Gasteiger charge is -2.23. The van der Waals surface area contributed by atoms with Crippen LogP contribution >= 0.6 is 0 Å². The smallest absolute Gasteiger partial charge is 0.252 e. The molecule has 0 spiro atoms. The molecule has 0 fully saturated rings. The molecule has 0 heterocycles. The molecule has 0 aromatic rings. The van der Waals surface area contributed by atoms with Crippen molar-refractivity contribution in [3.63, 3.8) is 0 Å². The number of nitrogens with one attached hydrogen (secondary N) is 1. The third-order valence-corrected chi connectivity index (χ3v) is 1.80. The van der Waals surface area contributed by atoms with Gasteiger partial charge in [0.2, 0.25) is 0 Å². The van der Waals surface area contributed by atoms with Crippen LogP contribution in [0.25, 0.3) is 0 Å². The number of amides is 1. The second-order valence-electron chi connectivity index (χ2n) is 2.85. The molecule has 0 aliphatic rings. The SMILES string of the molecule is C=CC[C@](O)(CCC)C(=O)NC. The van der Waals surface area contributed by atoms with Gasteiger partial charge in [-0.3, -0.25) is 4.79 Å². The molecule has 3 heteroatoms. The van der Waals surface area contributed by atoms with E-state index in [1.54, 1.807) is 6.08 Å². The lowest BCUT2D eigenvalue weighted by atomic mass is 9.93. The number of hydrogen-bond donors (Lipinski definition) is 2. The molecule has 2 N–H and O–H groups in total. The Morgan fingerprint density at radius 3 is 2.67 bits per heavy atom. The minimum absolute atomic E-state index is 0.306. The molecule has 1 amide bonds. The molecule has 0 aliphatic heterocycles. The molecule has 0 aliphatic carbocycles. The molecule has 12 heavy (non-hydrogen) atoms. The van der Waals surface area contributed by atoms with Crippen LogP contribution in [0.2, 0.25) is 0 Å². The highest BCUT2D eigenvalue weighted by Crippen LogP contribution is 2.17. The Kier molecular flexibility index (Phi) is 4.59. The summed E-state index contributed by atoms with van der Waals surface area (Å²) in [5.41, 5.74) is -1.26. The fourth-order valence-corrected chi connectivity index (χ4v) is 1.19. The molecule has 0 radical (unpaired) electrons. The lowest BCUT2D eigenvalue weighted by molar-refractivity contribution is -0.139. The van der Waals surface area contributed by atoms with Crippen LogP contribution in [0.1, 0.15) is 26.2 Å². The number of aliphatic hydroxyl groups is 1. The molecule has 0 aromatic heterocycles.